The minimum absolute atomic E-state index is 0.00156. The summed E-state index contributed by atoms with van der Waals surface area (Å²) >= 11 is 0. The van der Waals surface area contributed by atoms with Gasteiger partial charge in [-0.25, -0.2) is 18.4 Å². The highest BCUT2D eigenvalue weighted by Crippen LogP contribution is 2.33. The van der Waals surface area contributed by atoms with Gasteiger partial charge < -0.3 is 10.3 Å². The molecule has 2 aromatic heterocycles. The van der Waals surface area contributed by atoms with E-state index in [1.54, 1.807) is 18.3 Å². The molecule has 1 aliphatic rings. The molecule has 28 heavy (non-hydrogen) atoms. The molecular weight excluding hydrogens is 380 g/mol. The first-order chi connectivity index (χ1) is 13.4. The largest absolute Gasteiger partial charge is 0.383 e. The van der Waals surface area contributed by atoms with Gasteiger partial charge in [0.1, 0.15) is 12.1 Å². The summed E-state index contributed by atoms with van der Waals surface area (Å²) in [5.41, 5.74) is 7.43. The van der Waals surface area contributed by atoms with Crippen LogP contribution in [0.1, 0.15) is 30.3 Å². The first kappa shape index (κ1) is 18.5. The van der Waals surface area contributed by atoms with Gasteiger partial charge in [0.15, 0.2) is 9.84 Å². The molecule has 3 heterocycles. The van der Waals surface area contributed by atoms with Gasteiger partial charge in [-0.1, -0.05) is 17.3 Å². The summed E-state index contributed by atoms with van der Waals surface area (Å²) in [5.74, 6) is 1.21. The fourth-order valence-corrected chi connectivity index (χ4v) is 3.99. The molecule has 1 saturated heterocycles. The number of benzene rings is 1. The SMILES string of the molecule is CS(=O)(=O)c1ccc(CN2CCCC2c2nc(-c3cncnc3N)no2)cc1. The van der Waals surface area contributed by atoms with Gasteiger partial charge in [-0.2, -0.15) is 4.98 Å². The highest BCUT2D eigenvalue weighted by Gasteiger charge is 2.31. The van der Waals surface area contributed by atoms with Crippen molar-refractivity contribution in [1.82, 2.24) is 25.0 Å². The minimum atomic E-state index is -3.20. The van der Waals surface area contributed by atoms with Gasteiger partial charge in [0.2, 0.25) is 11.7 Å². The van der Waals surface area contributed by atoms with Gasteiger partial charge in [-0.05, 0) is 37.1 Å². The van der Waals surface area contributed by atoms with E-state index in [9.17, 15) is 8.42 Å². The third-order valence-electron chi connectivity index (χ3n) is 4.81. The number of nitrogens with zero attached hydrogens (tertiary/aromatic N) is 5. The van der Waals surface area contributed by atoms with Crippen LogP contribution in [-0.4, -0.2) is 46.2 Å². The van der Waals surface area contributed by atoms with E-state index in [0.717, 1.165) is 24.9 Å². The van der Waals surface area contributed by atoms with Crippen LogP contribution in [0.2, 0.25) is 0 Å². The molecule has 2 N–H and O–H groups in total. The Labute approximate surface area is 162 Å². The molecule has 1 unspecified atom stereocenters. The third-order valence-corrected chi connectivity index (χ3v) is 5.94. The lowest BCUT2D eigenvalue weighted by molar-refractivity contribution is 0.201. The van der Waals surface area contributed by atoms with E-state index in [-0.39, 0.29) is 6.04 Å². The lowest BCUT2D eigenvalue weighted by atomic mass is 10.2. The van der Waals surface area contributed by atoms with Crippen LogP contribution in [0.4, 0.5) is 5.82 Å². The number of rotatable bonds is 5. The molecule has 0 amide bonds. The van der Waals surface area contributed by atoms with E-state index in [2.05, 4.69) is 25.0 Å². The van der Waals surface area contributed by atoms with Crippen molar-refractivity contribution < 1.29 is 12.9 Å². The molecule has 1 aromatic carbocycles. The predicted octanol–water partition coefficient (Wildman–Crippen LogP) is 1.85. The minimum Gasteiger partial charge on any atom is -0.383 e. The number of nitrogen functional groups attached to an aromatic ring is 1. The Morgan fingerprint density at radius 2 is 2.07 bits per heavy atom. The van der Waals surface area contributed by atoms with Gasteiger partial charge in [0.05, 0.1) is 16.5 Å². The van der Waals surface area contributed by atoms with Gasteiger partial charge >= 0.3 is 0 Å². The maximum atomic E-state index is 11.6. The van der Waals surface area contributed by atoms with E-state index in [4.69, 9.17) is 10.3 Å². The molecular formula is C18H20N6O3S. The molecule has 1 aliphatic heterocycles. The maximum absolute atomic E-state index is 11.6. The van der Waals surface area contributed by atoms with Crippen molar-refractivity contribution in [1.29, 1.82) is 0 Å². The summed E-state index contributed by atoms with van der Waals surface area (Å²) in [4.78, 5) is 15.0. The first-order valence-electron chi connectivity index (χ1n) is 8.84. The zero-order chi connectivity index (χ0) is 19.7. The molecule has 0 saturated carbocycles. The van der Waals surface area contributed by atoms with Gasteiger partial charge in [0, 0.05) is 19.0 Å². The number of hydrogen-bond acceptors (Lipinski definition) is 9. The Morgan fingerprint density at radius 3 is 2.79 bits per heavy atom. The molecule has 146 valence electrons. The van der Waals surface area contributed by atoms with Gasteiger partial charge in [0.25, 0.3) is 0 Å². The zero-order valence-corrected chi connectivity index (χ0v) is 16.1. The van der Waals surface area contributed by atoms with E-state index in [0.29, 0.717) is 34.5 Å². The fourth-order valence-electron chi connectivity index (χ4n) is 3.36. The molecule has 1 fully saturated rings. The van der Waals surface area contributed by atoms with Gasteiger partial charge in [-0.15, -0.1) is 0 Å². The maximum Gasteiger partial charge on any atom is 0.244 e. The summed E-state index contributed by atoms with van der Waals surface area (Å²) in [6.45, 7) is 1.57. The van der Waals surface area contributed by atoms with E-state index in [1.165, 1.54) is 12.6 Å². The molecule has 9 nitrogen and oxygen atoms in total. The highest BCUT2D eigenvalue weighted by atomic mass is 32.2. The number of anilines is 1. The summed E-state index contributed by atoms with van der Waals surface area (Å²) in [6, 6.07) is 6.96. The fraction of sp³-hybridized carbons (Fsp3) is 0.333. The van der Waals surface area contributed by atoms with Crippen LogP contribution < -0.4 is 5.73 Å². The molecule has 3 aromatic rings. The summed E-state index contributed by atoms with van der Waals surface area (Å²) in [7, 11) is -3.20. The van der Waals surface area contributed by atoms with Crippen LogP contribution in [0.3, 0.4) is 0 Å². The Morgan fingerprint density at radius 1 is 1.29 bits per heavy atom. The lowest BCUT2D eigenvalue weighted by Crippen LogP contribution is -2.23. The normalized spacial score (nSPS) is 17.8. The second-order valence-corrected chi connectivity index (χ2v) is 8.84. The number of nitrogens with two attached hydrogens (primary N) is 1. The number of likely N-dealkylation sites (tertiary alicyclic amines) is 1. The van der Waals surface area contributed by atoms with Crippen molar-refractivity contribution in [2.24, 2.45) is 0 Å². The Hall–Kier alpha value is -2.85. The molecule has 0 spiro atoms. The standard InChI is InChI=1S/C18H20N6O3S/c1-28(25,26)13-6-4-12(5-7-13)10-24-8-2-3-15(24)18-22-17(23-27-18)14-9-20-11-21-16(14)19/h4-7,9,11,15H,2-3,8,10H2,1H3,(H2,19,20,21). The molecule has 10 heteroatoms. The number of sulfone groups is 1. The molecule has 4 rings (SSSR count). The van der Waals surface area contributed by atoms with Crippen LogP contribution in [0, 0.1) is 0 Å². The third kappa shape index (κ3) is 3.73. The number of aromatic nitrogens is 4. The van der Waals surface area contributed by atoms with Crippen LogP contribution in [0.25, 0.3) is 11.4 Å². The second kappa shape index (κ2) is 7.28. The van der Waals surface area contributed by atoms with Crippen molar-refractivity contribution in [2.75, 3.05) is 18.5 Å². The average molecular weight is 400 g/mol. The van der Waals surface area contributed by atoms with Crippen molar-refractivity contribution in [2.45, 2.75) is 30.3 Å². The summed E-state index contributed by atoms with van der Waals surface area (Å²) in [5, 5.41) is 4.03. The van der Waals surface area contributed by atoms with E-state index >= 15 is 0 Å². The van der Waals surface area contributed by atoms with Crippen LogP contribution >= 0.6 is 0 Å². The highest BCUT2D eigenvalue weighted by molar-refractivity contribution is 7.90. The van der Waals surface area contributed by atoms with Crippen LogP contribution in [0.5, 0.6) is 0 Å². The topological polar surface area (TPSA) is 128 Å². The summed E-state index contributed by atoms with van der Waals surface area (Å²) < 4.78 is 28.7. The Balaban J connectivity index is 1.52. The molecule has 0 radical (unpaired) electrons. The van der Waals surface area contributed by atoms with E-state index < -0.39 is 9.84 Å². The quantitative estimate of drug-likeness (QED) is 0.682. The zero-order valence-electron chi connectivity index (χ0n) is 15.3. The second-order valence-electron chi connectivity index (χ2n) is 6.82. The van der Waals surface area contributed by atoms with Gasteiger partial charge in [-0.3, -0.25) is 4.90 Å². The number of hydrogen-bond donors (Lipinski definition) is 1. The molecule has 0 bridgehead atoms. The Bertz CT molecular complexity index is 1080. The summed E-state index contributed by atoms with van der Waals surface area (Å²) in [6.07, 6.45) is 6.06. The Kier molecular flexibility index (Phi) is 4.82. The predicted molar refractivity (Wildman–Crippen MR) is 102 cm³/mol. The first-order valence-corrected chi connectivity index (χ1v) is 10.7. The monoisotopic (exact) mass is 400 g/mol. The van der Waals surface area contributed by atoms with Crippen LogP contribution in [0.15, 0.2) is 46.2 Å². The van der Waals surface area contributed by atoms with Crippen LogP contribution in [-0.2, 0) is 16.4 Å². The van der Waals surface area contributed by atoms with Crippen molar-refractivity contribution in [3.8, 4) is 11.4 Å². The van der Waals surface area contributed by atoms with Crippen molar-refractivity contribution >= 4 is 15.7 Å². The lowest BCUT2D eigenvalue weighted by Gasteiger charge is -2.21. The van der Waals surface area contributed by atoms with Crippen molar-refractivity contribution in [3.63, 3.8) is 0 Å². The average Bonchev–Trinajstić information content (AvgIpc) is 3.31. The molecule has 1 atom stereocenters. The van der Waals surface area contributed by atoms with E-state index in [1.807, 2.05) is 12.1 Å². The smallest absolute Gasteiger partial charge is 0.244 e. The molecule has 0 aliphatic carbocycles. The van der Waals surface area contributed by atoms with Crippen molar-refractivity contribution in [3.05, 3.63) is 48.2 Å².